The molecule has 39 heavy (non-hydrogen) atoms. The lowest BCUT2D eigenvalue weighted by Crippen LogP contribution is -2.42. The number of nitrogen functional groups attached to an aromatic ring is 1. The van der Waals surface area contributed by atoms with Crippen molar-refractivity contribution in [3.05, 3.63) is 35.4 Å². The molecule has 1 aromatic carbocycles. The van der Waals surface area contributed by atoms with Gasteiger partial charge in [-0.25, -0.2) is 0 Å². The van der Waals surface area contributed by atoms with Crippen LogP contribution >= 0.6 is 0 Å². The van der Waals surface area contributed by atoms with Crippen molar-refractivity contribution in [2.75, 3.05) is 18.9 Å². The molecule has 9 nitrogen and oxygen atoms in total. The fourth-order valence-electron chi connectivity index (χ4n) is 4.51. The number of fused-ring (bicyclic) bond motifs is 1. The summed E-state index contributed by atoms with van der Waals surface area (Å²) in [5, 5.41) is 9.04. The van der Waals surface area contributed by atoms with Gasteiger partial charge in [-0.15, -0.1) is 4.68 Å². The first-order valence-corrected chi connectivity index (χ1v) is 14.4. The largest absolute Gasteiger partial charge is 0.489 e. The summed E-state index contributed by atoms with van der Waals surface area (Å²) in [5.74, 6) is 3.24. The van der Waals surface area contributed by atoms with Crippen LogP contribution in [0.5, 0.6) is 17.4 Å². The minimum Gasteiger partial charge on any atom is -0.489 e. The van der Waals surface area contributed by atoms with Gasteiger partial charge in [-0.1, -0.05) is 49.3 Å². The standard InChI is InChI=1S/C30H41N5O4/c1-6-22(7-2)39-27-13-12-26-32-34(29(31)35(26)33-27)16-24(36)21-14-23(30(3,4)5)28(38-18-20-10-11-20)25(15-21)37-17-19-8-9-19/h12-15,19-20,22,31H,6-11,16-18H2,1-5H3/p+1. The average Bonchev–Trinajstić information content (AvgIpc) is 3.84. The second-order valence-corrected chi connectivity index (χ2v) is 12.0. The van der Waals surface area contributed by atoms with Crippen molar-refractivity contribution >= 4 is 17.4 Å². The third-order valence-electron chi connectivity index (χ3n) is 7.50. The van der Waals surface area contributed by atoms with E-state index in [0.29, 0.717) is 47.9 Å². The van der Waals surface area contributed by atoms with Crippen molar-refractivity contribution in [3.8, 4) is 17.4 Å². The van der Waals surface area contributed by atoms with Gasteiger partial charge in [-0.3, -0.25) is 10.5 Å². The zero-order valence-electron chi connectivity index (χ0n) is 23.9. The quantitative estimate of drug-likeness (QED) is 0.244. The Kier molecular flexibility index (Phi) is 7.69. The van der Waals surface area contributed by atoms with Crippen molar-refractivity contribution < 1.29 is 23.7 Å². The third kappa shape index (κ3) is 6.45. The predicted molar refractivity (Wildman–Crippen MR) is 149 cm³/mol. The molecule has 210 valence electrons. The number of aromatic nitrogens is 4. The van der Waals surface area contributed by atoms with Crippen LogP contribution in [0.15, 0.2) is 24.3 Å². The Morgan fingerprint density at radius 3 is 2.36 bits per heavy atom. The number of Topliss-reactive ketones (excluding diaryl/α,β-unsaturated/α-hetero) is 1. The summed E-state index contributed by atoms with van der Waals surface area (Å²) in [6.07, 6.45) is 6.64. The molecule has 2 aliphatic rings. The summed E-state index contributed by atoms with van der Waals surface area (Å²) in [6, 6.07) is 7.36. The third-order valence-corrected chi connectivity index (χ3v) is 7.50. The monoisotopic (exact) mass is 536 g/mol. The number of ketones is 1. The molecule has 0 aliphatic heterocycles. The molecular formula is C30H42N5O4+. The molecule has 0 saturated heterocycles. The average molecular weight is 537 g/mol. The molecule has 0 amide bonds. The number of anilines is 1. The summed E-state index contributed by atoms with van der Waals surface area (Å²) in [5.41, 5.74) is 8.23. The SMILES string of the molecule is CCC(CC)Oc1ccc2n[n+](CC(=O)c3cc(OCC4CC4)c(OCC4CC4)c(C(C)(C)C)c3)c(N)n2n1. The van der Waals surface area contributed by atoms with Gasteiger partial charge in [-0.05, 0) is 67.9 Å². The van der Waals surface area contributed by atoms with Gasteiger partial charge < -0.3 is 14.2 Å². The van der Waals surface area contributed by atoms with Crippen LogP contribution in [0.1, 0.15) is 89.1 Å². The fraction of sp³-hybridized carbons (Fsp3) is 0.600. The molecule has 2 heterocycles. The van der Waals surface area contributed by atoms with E-state index < -0.39 is 0 Å². The summed E-state index contributed by atoms with van der Waals surface area (Å²) in [4.78, 5) is 13.6. The molecule has 0 bridgehead atoms. The first-order valence-electron chi connectivity index (χ1n) is 14.4. The van der Waals surface area contributed by atoms with Crippen LogP contribution in [0.2, 0.25) is 0 Å². The molecule has 2 aromatic heterocycles. The highest BCUT2D eigenvalue weighted by Crippen LogP contribution is 2.42. The highest BCUT2D eigenvalue weighted by Gasteiger charge is 2.30. The van der Waals surface area contributed by atoms with Gasteiger partial charge in [0, 0.05) is 23.3 Å². The molecule has 9 heteroatoms. The predicted octanol–water partition coefficient (Wildman–Crippen LogP) is 4.92. The fourth-order valence-corrected chi connectivity index (χ4v) is 4.51. The van der Waals surface area contributed by atoms with Crippen LogP contribution in [-0.4, -0.2) is 39.8 Å². The Balaban J connectivity index is 1.43. The number of carbonyl (C=O) groups excluding carboxylic acids is 1. The number of rotatable bonds is 13. The smallest absolute Gasteiger partial charge is 0.401 e. The first kappa shape index (κ1) is 27.2. The lowest BCUT2D eigenvalue weighted by atomic mass is 9.84. The van der Waals surface area contributed by atoms with Gasteiger partial charge in [0.05, 0.1) is 13.2 Å². The zero-order chi connectivity index (χ0) is 27.7. The number of carbonyl (C=O) groups is 1. The first-order chi connectivity index (χ1) is 18.7. The van der Waals surface area contributed by atoms with Crippen LogP contribution in [0.25, 0.3) is 5.65 Å². The Hall–Kier alpha value is -3.36. The Morgan fingerprint density at radius 1 is 1.08 bits per heavy atom. The minimum atomic E-state index is -0.239. The Bertz CT molecular complexity index is 1330. The summed E-state index contributed by atoms with van der Waals surface area (Å²) in [6.45, 7) is 11.9. The molecule has 0 radical (unpaired) electrons. The van der Waals surface area contributed by atoms with E-state index in [-0.39, 0.29) is 29.8 Å². The molecule has 2 fully saturated rings. The number of hydrogen-bond acceptors (Lipinski definition) is 7. The van der Waals surface area contributed by atoms with Gasteiger partial charge >= 0.3 is 5.95 Å². The van der Waals surface area contributed by atoms with E-state index in [9.17, 15) is 4.79 Å². The van der Waals surface area contributed by atoms with Crippen molar-refractivity contribution in [2.45, 2.75) is 91.2 Å². The maximum Gasteiger partial charge on any atom is 0.401 e. The molecular weight excluding hydrogens is 494 g/mol. The summed E-state index contributed by atoms with van der Waals surface area (Å²) >= 11 is 0. The number of nitrogens with two attached hydrogens (primary N) is 1. The van der Waals surface area contributed by atoms with Crippen molar-refractivity contribution in [3.63, 3.8) is 0 Å². The van der Waals surface area contributed by atoms with E-state index in [2.05, 4.69) is 44.8 Å². The Labute approximate surface area is 230 Å². The Morgan fingerprint density at radius 2 is 1.74 bits per heavy atom. The number of ether oxygens (including phenoxy) is 3. The zero-order valence-corrected chi connectivity index (χ0v) is 23.9. The molecule has 5 rings (SSSR count). The maximum atomic E-state index is 13.6. The molecule has 0 spiro atoms. The molecule has 2 saturated carbocycles. The van der Waals surface area contributed by atoms with Crippen LogP contribution < -0.4 is 24.6 Å². The highest BCUT2D eigenvalue weighted by atomic mass is 16.5. The van der Waals surface area contributed by atoms with Crippen molar-refractivity contribution in [1.82, 2.24) is 14.7 Å². The molecule has 0 atom stereocenters. The lowest BCUT2D eigenvalue weighted by Gasteiger charge is -2.26. The second-order valence-electron chi connectivity index (χ2n) is 12.0. The van der Waals surface area contributed by atoms with Crippen LogP contribution in [0, 0.1) is 11.8 Å². The molecule has 2 N–H and O–H groups in total. The minimum absolute atomic E-state index is 0.0220. The van der Waals surface area contributed by atoms with Gasteiger partial charge in [0.25, 0.3) is 5.65 Å². The highest BCUT2D eigenvalue weighted by molar-refractivity contribution is 5.96. The van der Waals surface area contributed by atoms with E-state index in [1.54, 1.807) is 12.1 Å². The van der Waals surface area contributed by atoms with Crippen LogP contribution in [-0.2, 0) is 12.0 Å². The van der Waals surface area contributed by atoms with E-state index in [1.165, 1.54) is 34.9 Å². The van der Waals surface area contributed by atoms with Gasteiger partial charge in [0.15, 0.2) is 23.8 Å². The van der Waals surface area contributed by atoms with Crippen LogP contribution in [0.4, 0.5) is 5.95 Å². The van der Waals surface area contributed by atoms with E-state index in [1.807, 2.05) is 12.1 Å². The van der Waals surface area contributed by atoms with Gasteiger partial charge in [-0.2, -0.15) is 0 Å². The van der Waals surface area contributed by atoms with Gasteiger partial charge in [0.2, 0.25) is 5.88 Å². The van der Waals surface area contributed by atoms with E-state index >= 15 is 0 Å². The van der Waals surface area contributed by atoms with Crippen molar-refractivity contribution in [2.24, 2.45) is 11.8 Å². The number of hydrogen-bond donors (Lipinski definition) is 1. The lowest BCUT2D eigenvalue weighted by molar-refractivity contribution is -0.723. The summed E-state index contributed by atoms with van der Waals surface area (Å²) < 4.78 is 21.6. The van der Waals surface area contributed by atoms with Crippen LogP contribution in [0.3, 0.4) is 0 Å². The molecule has 2 aliphatic carbocycles. The number of nitrogens with zero attached hydrogens (tertiary/aromatic N) is 4. The topological polar surface area (TPSA) is 105 Å². The maximum absolute atomic E-state index is 13.6. The van der Waals surface area contributed by atoms with Crippen molar-refractivity contribution in [1.29, 1.82) is 0 Å². The molecule has 0 unspecified atom stereocenters. The summed E-state index contributed by atoms with van der Waals surface area (Å²) in [7, 11) is 0. The van der Waals surface area contributed by atoms with E-state index in [4.69, 9.17) is 19.9 Å². The van der Waals surface area contributed by atoms with Gasteiger partial charge in [0.1, 0.15) is 6.10 Å². The second kappa shape index (κ2) is 11.0. The number of benzene rings is 1. The molecule has 3 aromatic rings. The van der Waals surface area contributed by atoms with E-state index in [0.717, 1.165) is 24.2 Å². The normalized spacial score (nSPS) is 15.6.